The van der Waals surface area contributed by atoms with Crippen LogP contribution in [-0.2, 0) is 0 Å². The van der Waals surface area contributed by atoms with Crippen molar-refractivity contribution in [2.24, 2.45) is 0 Å². The van der Waals surface area contributed by atoms with E-state index >= 15 is 0 Å². The van der Waals surface area contributed by atoms with Crippen molar-refractivity contribution in [3.8, 4) is 11.8 Å². The summed E-state index contributed by atoms with van der Waals surface area (Å²) in [5.74, 6) is 1.49. The monoisotopic (exact) mass is 486 g/mol. The first-order valence-electron chi connectivity index (χ1n) is 10.1. The van der Waals surface area contributed by atoms with Crippen LogP contribution >= 0.6 is 23.2 Å². The number of anilines is 4. The predicted molar refractivity (Wildman–Crippen MR) is 131 cm³/mol. The number of likely N-dealkylation sites (N-methyl/N-ethyl adjacent to an activating group) is 1. The number of aliphatic hydroxyl groups excluding tert-OH is 1. The van der Waals surface area contributed by atoms with Crippen molar-refractivity contribution in [1.82, 2.24) is 14.9 Å². The van der Waals surface area contributed by atoms with Crippen LogP contribution in [-0.4, -0.2) is 59.9 Å². The number of nitrogens with one attached hydrogen (secondary N) is 1. The highest BCUT2D eigenvalue weighted by atomic mass is 35.5. The third-order valence-electron chi connectivity index (χ3n) is 4.47. The average molecular weight is 487 g/mol. The van der Waals surface area contributed by atoms with E-state index in [1.54, 1.807) is 47.5 Å². The van der Waals surface area contributed by atoms with Gasteiger partial charge in [-0.15, -0.1) is 0 Å². The number of hydrogen-bond donors (Lipinski definition) is 2. The molecule has 1 aromatic heterocycles. The lowest BCUT2D eigenvalue weighted by molar-refractivity contribution is 0.0831. The van der Waals surface area contributed by atoms with Gasteiger partial charge >= 0.3 is 0 Å². The Balaban J connectivity index is 1.71. The summed E-state index contributed by atoms with van der Waals surface area (Å²) < 4.78 is 5.62. The largest absolute Gasteiger partial charge is 0.491 e. The molecule has 0 amide bonds. The van der Waals surface area contributed by atoms with E-state index in [1.807, 2.05) is 31.1 Å². The van der Waals surface area contributed by atoms with Crippen LogP contribution in [0.3, 0.4) is 0 Å². The van der Waals surface area contributed by atoms with Gasteiger partial charge in [-0.05, 0) is 62.6 Å². The van der Waals surface area contributed by atoms with Gasteiger partial charge in [-0.25, -0.2) is 4.98 Å². The minimum atomic E-state index is -0.571. The molecule has 172 valence electrons. The molecule has 0 fully saturated rings. The average Bonchev–Trinajstić information content (AvgIpc) is 2.78. The molecule has 0 aliphatic carbocycles. The maximum absolute atomic E-state index is 9.92. The minimum Gasteiger partial charge on any atom is -0.491 e. The Labute approximate surface area is 203 Å². The van der Waals surface area contributed by atoms with Crippen LogP contribution in [0.25, 0.3) is 0 Å². The van der Waals surface area contributed by atoms with Crippen LogP contribution in [0, 0.1) is 11.3 Å². The number of benzene rings is 2. The highest BCUT2D eigenvalue weighted by Gasteiger charge is 2.15. The van der Waals surface area contributed by atoms with Gasteiger partial charge in [-0.3, -0.25) is 0 Å². The summed E-state index contributed by atoms with van der Waals surface area (Å²) in [5.41, 5.74) is 1.33. The van der Waals surface area contributed by atoms with E-state index in [0.717, 1.165) is 5.69 Å². The van der Waals surface area contributed by atoms with Crippen molar-refractivity contribution < 1.29 is 9.84 Å². The van der Waals surface area contributed by atoms with Crippen LogP contribution in [0.5, 0.6) is 5.75 Å². The molecule has 0 saturated heterocycles. The number of rotatable bonds is 10. The van der Waals surface area contributed by atoms with Crippen LogP contribution < -0.4 is 15.0 Å². The maximum atomic E-state index is 9.92. The quantitative estimate of drug-likeness (QED) is 0.404. The SMILES string of the molecule is CN(C)CC(O)COc1ccc(Nc2nccc(N(CC#N)c3cc(Cl)ccc3Cl)n2)cc1. The molecule has 1 heterocycles. The van der Waals surface area contributed by atoms with Crippen molar-refractivity contribution in [3.63, 3.8) is 0 Å². The number of nitrogens with zero attached hydrogens (tertiary/aromatic N) is 5. The Morgan fingerprint density at radius 1 is 1.15 bits per heavy atom. The van der Waals surface area contributed by atoms with Gasteiger partial charge in [0.2, 0.25) is 5.95 Å². The molecule has 2 N–H and O–H groups in total. The van der Waals surface area contributed by atoms with Crippen LogP contribution in [0.1, 0.15) is 0 Å². The molecule has 3 rings (SSSR count). The number of aliphatic hydroxyl groups is 1. The molecule has 0 aliphatic rings. The Morgan fingerprint density at radius 3 is 2.61 bits per heavy atom. The minimum absolute atomic E-state index is 0.0300. The first kappa shape index (κ1) is 24.6. The van der Waals surface area contributed by atoms with Crippen LogP contribution in [0.2, 0.25) is 10.0 Å². The van der Waals surface area contributed by atoms with E-state index in [4.69, 9.17) is 27.9 Å². The molecule has 0 aliphatic heterocycles. The molecular weight excluding hydrogens is 463 g/mol. The zero-order valence-electron chi connectivity index (χ0n) is 18.2. The summed E-state index contributed by atoms with van der Waals surface area (Å²) in [6.45, 7) is 0.760. The van der Waals surface area contributed by atoms with Gasteiger partial charge in [0.25, 0.3) is 0 Å². The van der Waals surface area contributed by atoms with Gasteiger partial charge < -0.3 is 25.0 Å². The number of hydrogen-bond acceptors (Lipinski definition) is 8. The summed E-state index contributed by atoms with van der Waals surface area (Å²) in [6.07, 6.45) is 1.02. The van der Waals surface area contributed by atoms with Crippen molar-refractivity contribution in [3.05, 3.63) is 64.8 Å². The maximum Gasteiger partial charge on any atom is 0.229 e. The first-order chi connectivity index (χ1) is 15.9. The summed E-state index contributed by atoms with van der Waals surface area (Å²) in [7, 11) is 3.79. The molecule has 3 aromatic rings. The fourth-order valence-electron chi connectivity index (χ4n) is 3.04. The number of aromatic nitrogens is 2. The van der Waals surface area contributed by atoms with E-state index in [0.29, 0.717) is 39.8 Å². The van der Waals surface area contributed by atoms with Crippen molar-refractivity contribution >= 4 is 46.3 Å². The molecule has 1 unspecified atom stereocenters. The molecule has 2 aromatic carbocycles. The highest BCUT2D eigenvalue weighted by molar-refractivity contribution is 6.35. The lowest BCUT2D eigenvalue weighted by Crippen LogP contribution is -2.30. The van der Waals surface area contributed by atoms with Gasteiger partial charge in [0.05, 0.1) is 16.8 Å². The summed E-state index contributed by atoms with van der Waals surface area (Å²) in [4.78, 5) is 12.3. The molecule has 8 nitrogen and oxygen atoms in total. The molecule has 10 heteroatoms. The first-order valence-corrected chi connectivity index (χ1v) is 10.9. The summed E-state index contributed by atoms with van der Waals surface area (Å²) in [5, 5.41) is 23.3. The second-order valence-corrected chi connectivity index (χ2v) is 8.30. The normalized spacial score (nSPS) is 11.7. The van der Waals surface area contributed by atoms with Crippen molar-refractivity contribution in [1.29, 1.82) is 5.26 Å². The van der Waals surface area contributed by atoms with Crippen molar-refractivity contribution in [2.45, 2.75) is 6.10 Å². The standard InChI is InChI=1S/C23H24Cl2N6O2/c1-30(2)14-18(32)15-33-19-6-4-17(5-7-19)28-23-27-11-9-22(29-23)31(12-10-26)21-13-16(24)3-8-20(21)25/h3-9,11,13,18,32H,12,14-15H2,1-2H3,(H,27,28,29). The lowest BCUT2D eigenvalue weighted by atomic mass is 10.2. The molecule has 0 bridgehead atoms. The van der Waals surface area contributed by atoms with Gasteiger partial charge in [-0.2, -0.15) is 10.2 Å². The molecule has 0 spiro atoms. The number of ether oxygens (including phenoxy) is 1. The second kappa shape index (κ2) is 11.7. The fourth-order valence-corrected chi connectivity index (χ4v) is 3.43. The highest BCUT2D eigenvalue weighted by Crippen LogP contribution is 2.33. The predicted octanol–water partition coefficient (Wildman–Crippen LogP) is 4.49. The van der Waals surface area contributed by atoms with E-state index < -0.39 is 6.10 Å². The van der Waals surface area contributed by atoms with Gasteiger partial charge in [-0.1, -0.05) is 23.2 Å². The topological polar surface area (TPSA) is 97.5 Å². The van der Waals surface area contributed by atoms with E-state index in [1.165, 1.54) is 0 Å². The second-order valence-electron chi connectivity index (χ2n) is 7.45. The molecule has 33 heavy (non-hydrogen) atoms. The Hall–Kier alpha value is -3.09. The van der Waals surface area contributed by atoms with Crippen molar-refractivity contribution in [2.75, 3.05) is 44.0 Å². The van der Waals surface area contributed by atoms with Crippen LogP contribution in [0.4, 0.5) is 23.1 Å². The zero-order valence-corrected chi connectivity index (χ0v) is 19.8. The molecule has 0 saturated carbocycles. The Morgan fingerprint density at radius 2 is 1.91 bits per heavy atom. The molecular formula is C23H24Cl2N6O2. The van der Waals surface area contributed by atoms with Gasteiger partial charge in [0, 0.05) is 23.5 Å². The van der Waals surface area contributed by atoms with E-state index in [-0.39, 0.29) is 13.2 Å². The van der Waals surface area contributed by atoms with Gasteiger partial charge in [0.15, 0.2) is 0 Å². The summed E-state index contributed by atoms with van der Waals surface area (Å²) >= 11 is 12.5. The Kier molecular flexibility index (Phi) is 8.69. The number of nitriles is 1. The molecule has 0 radical (unpaired) electrons. The lowest BCUT2D eigenvalue weighted by Gasteiger charge is -2.22. The third kappa shape index (κ3) is 7.20. The Bertz CT molecular complexity index is 1100. The fraction of sp³-hybridized carbons (Fsp3) is 0.261. The smallest absolute Gasteiger partial charge is 0.229 e. The zero-order chi connectivity index (χ0) is 23.8. The molecule has 1 atom stereocenters. The van der Waals surface area contributed by atoms with E-state index in [2.05, 4.69) is 21.4 Å². The third-order valence-corrected chi connectivity index (χ3v) is 5.03. The van der Waals surface area contributed by atoms with Crippen LogP contribution in [0.15, 0.2) is 54.7 Å². The van der Waals surface area contributed by atoms with E-state index in [9.17, 15) is 10.4 Å². The number of halogens is 2. The summed E-state index contributed by atoms with van der Waals surface area (Å²) in [6, 6.07) is 16.1. The van der Waals surface area contributed by atoms with Gasteiger partial charge in [0.1, 0.15) is 30.8 Å².